The summed E-state index contributed by atoms with van der Waals surface area (Å²) in [6.07, 6.45) is 0.303. The monoisotopic (exact) mass is 547 g/mol. The van der Waals surface area contributed by atoms with Gasteiger partial charge < -0.3 is 5.32 Å². The molecule has 0 saturated carbocycles. The Hall–Kier alpha value is -2.73. The van der Waals surface area contributed by atoms with E-state index in [4.69, 9.17) is 23.8 Å². The molecule has 2 saturated heterocycles. The average molecular weight is 548 g/mol. The molecule has 0 radical (unpaired) electrons. The summed E-state index contributed by atoms with van der Waals surface area (Å²) in [5.74, 6) is -1.56. The molecular weight excluding hydrogens is 530 g/mol. The van der Waals surface area contributed by atoms with E-state index in [-0.39, 0.29) is 32.8 Å². The van der Waals surface area contributed by atoms with Crippen LogP contribution < -0.4 is 10.2 Å². The molecular formula is C23H18ClN3O5S3. The Bertz CT molecular complexity index is 1440. The summed E-state index contributed by atoms with van der Waals surface area (Å²) in [5.41, 5.74) is 1.68. The fourth-order valence-corrected chi connectivity index (χ4v) is 7.75. The Morgan fingerprint density at radius 3 is 2.63 bits per heavy atom. The van der Waals surface area contributed by atoms with Gasteiger partial charge in [0.2, 0.25) is 5.91 Å². The number of sulfone groups is 1. The van der Waals surface area contributed by atoms with Crippen molar-refractivity contribution in [2.24, 2.45) is 0 Å². The number of thiocarbonyl (C=S) groups is 1. The highest BCUT2D eigenvalue weighted by Crippen LogP contribution is 2.45. The number of hydrogen-bond donors (Lipinski definition) is 1. The zero-order valence-electron chi connectivity index (χ0n) is 18.1. The first-order chi connectivity index (χ1) is 16.6. The van der Waals surface area contributed by atoms with Crippen molar-refractivity contribution in [1.29, 1.82) is 0 Å². The highest BCUT2D eigenvalue weighted by molar-refractivity contribution is 8.26. The van der Waals surface area contributed by atoms with Crippen molar-refractivity contribution in [3.63, 3.8) is 0 Å². The van der Waals surface area contributed by atoms with E-state index in [1.807, 2.05) is 0 Å². The maximum Gasteiger partial charge on any atom is 0.267 e. The first kappa shape index (κ1) is 24.0. The number of benzene rings is 2. The number of rotatable bonds is 4. The van der Waals surface area contributed by atoms with E-state index in [0.29, 0.717) is 28.4 Å². The van der Waals surface area contributed by atoms with Crippen LogP contribution >= 0.6 is 35.6 Å². The Labute approximate surface area is 216 Å². The first-order valence-electron chi connectivity index (χ1n) is 10.6. The quantitative estimate of drug-likeness (QED) is 0.463. The van der Waals surface area contributed by atoms with Gasteiger partial charge in [0.05, 0.1) is 33.7 Å². The Kier molecular flexibility index (Phi) is 6.20. The van der Waals surface area contributed by atoms with Crippen LogP contribution in [-0.2, 0) is 24.2 Å². The minimum atomic E-state index is -3.23. The number of anilines is 2. The second kappa shape index (κ2) is 9.05. The van der Waals surface area contributed by atoms with Crippen LogP contribution in [0.3, 0.4) is 0 Å². The number of amides is 3. The third kappa shape index (κ3) is 4.49. The number of carbonyl (C=O) groups is 3. The number of thioether (sulfide) groups is 1. The van der Waals surface area contributed by atoms with Crippen molar-refractivity contribution in [2.75, 3.05) is 28.3 Å². The van der Waals surface area contributed by atoms with Gasteiger partial charge >= 0.3 is 0 Å². The summed E-state index contributed by atoms with van der Waals surface area (Å²) in [6, 6.07) is 13.0. The molecule has 5 rings (SSSR count). The van der Waals surface area contributed by atoms with E-state index in [0.717, 1.165) is 11.8 Å². The third-order valence-electron chi connectivity index (χ3n) is 5.93. The van der Waals surface area contributed by atoms with Crippen LogP contribution in [-0.4, -0.2) is 59.5 Å². The van der Waals surface area contributed by atoms with Gasteiger partial charge in [0.15, 0.2) is 9.84 Å². The molecule has 12 heteroatoms. The standard InChI is InChI=1S/C23H18ClN3O5S3/c24-13-4-3-5-14(10-13)25-18(28)11-26-17-7-2-1-6-16(17)19(21(26)29)20-22(30)27(23(33)34-20)15-8-9-35(31,32)12-15/h1-7,10,15H,8-9,11-12H2,(H,25,28)/b20-19+/t15-/m1/s1. The molecule has 8 nitrogen and oxygen atoms in total. The van der Waals surface area contributed by atoms with E-state index in [2.05, 4.69) is 5.32 Å². The zero-order chi connectivity index (χ0) is 24.9. The normalized spacial score (nSPS) is 23.2. The number of hydrogen-bond acceptors (Lipinski definition) is 7. The fraction of sp³-hybridized carbons (Fsp3) is 0.217. The molecule has 0 aromatic heterocycles. The molecule has 3 amide bonds. The van der Waals surface area contributed by atoms with Crippen LogP contribution in [0.1, 0.15) is 12.0 Å². The summed E-state index contributed by atoms with van der Waals surface area (Å²) in [7, 11) is -3.23. The lowest BCUT2D eigenvalue weighted by Gasteiger charge is -2.21. The molecule has 0 aliphatic carbocycles. The van der Waals surface area contributed by atoms with Crippen molar-refractivity contribution in [1.82, 2.24) is 4.90 Å². The van der Waals surface area contributed by atoms with Crippen molar-refractivity contribution < 1.29 is 22.8 Å². The smallest absolute Gasteiger partial charge is 0.267 e. The van der Waals surface area contributed by atoms with Gasteiger partial charge in [-0.1, -0.05) is 59.8 Å². The highest BCUT2D eigenvalue weighted by Gasteiger charge is 2.46. The van der Waals surface area contributed by atoms with Gasteiger partial charge in [0.25, 0.3) is 11.8 Å². The molecule has 1 atom stereocenters. The Morgan fingerprint density at radius 2 is 1.91 bits per heavy atom. The maximum atomic E-state index is 13.5. The number of fused-ring (bicyclic) bond motifs is 1. The van der Waals surface area contributed by atoms with Crippen LogP contribution in [0.4, 0.5) is 11.4 Å². The van der Waals surface area contributed by atoms with Gasteiger partial charge in [-0.2, -0.15) is 0 Å². The average Bonchev–Trinajstić information content (AvgIpc) is 3.39. The fourth-order valence-electron chi connectivity index (χ4n) is 4.39. The maximum absolute atomic E-state index is 13.5. The van der Waals surface area contributed by atoms with Crippen molar-refractivity contribution >= 4 is 84.4 Å². The van der Waals surface area contributed by atoms with Crippen LogP contribution in [0, 0.1) is 0 Å². The molecule has 0 spiro atoms. The topological polar surface area (TPSA) is 104 Å². The van der Waals surface area contributed by atoms with E-state index in [1.165, 1.54) is 9.80 Å². The minimum absolute atomic E-state index is 0.00207. The number of carbonyl (C=O) groups excluding carboxylic acids is 3. The lowest BCUT2D eigenvalue weighted by atomic mass is 10.1. The molecule has 3 aliphatic rings. The van der Waals surface area contributed by atoms with Crippen LogP contribution in [0.5, 0.6) is 0 Å². The SMILES string of the molecule is O=C(CN1C(=O)/C(=C2/SC(=S)N([C@@H]3CCS(=O)(=O)C3)C2=O)c2ccccc21)Nc1cccc(Cl)c1. The van der Waals surface area contributed by atoms with Crippen LogP contribution in [0.15, 0.2) is 53.4 Å². The van der Waals surface area contributed by atoms with Gasteiger partial charge in [0.1, 0.15) is 10.9 Å². The number of nitrogens with one attached hydrogen (secondary N) is 1. The lowest BCUT2D eigenvalue weighted by Crippen LogP contribution is -2.39. The molecule has 2 aromatic rings. The van der Waals surface area contributed by atoms with Crippen LogP contribution in [0.25, 0.3) is 5.57 Å². The second-order valence-electron chi connectivity index (χ2n) is 8.27. The molecule has 2 fully saturated rings. The third-order valence-corrected chi connectivity index (χ3v) is 9.32. The summed E-state index contributed by atoms with van der Waals surface area (Å²) in [4.78, 5) is 42.4. The number of nitrogens with zero attached hydrogens (tertiary/aromatic N) is 2. The van der Waals surface area contributed by atoms with Gasteiger partial charge in [0, 0.05) is 16.3 Å². The van der Waals surface area contributed by atoms with Crippen molar-refractivity contribution in [3.8, 4) is 0 Å². The van der Waals surface area contributed by atoms with Gasteiger partial charge in [-0.3, -0.25) is 24.2 Å². The molecule has 1 N–H and O–H groups in total. The van der Waals surface area contributed by atoms with Crippen molar-refractivity contribution in [3.05, 3.63) is 64.0 Å². The molecule has 3 aliphatic heterocycles. The number of para-hydroxylation sites is 1. The molecule has 0 unspecified atom stereocenters. The van der Waals surface area contributed by atoms with E-state index in [1.54, 1.807) is 48.5 Å². The van der Waals surface area contributed by atoms with Gasteiger partial charge in [-0.15, -0.1) is 0 Å². The molecule has 0 bridgehead atoms. The minimum Gasteiger partial charge on any atom is -0.324 e. The molecule has 3 heterocycles. The number of halogens is 1. The molecule has 2 aromatic carbocycles. The Balaban J connectivity index is 1.45. The van der Waals surface area contributed by atoms with Crippen LogP contribution in [0.2, 0.25) is 5.02 Å². The van der Waals surface area contributed by atoms with E-state index >= 15 is 0 Å². The molecule has 180 valence electrons. The van der Waals surface area contributed by atoms with Gasteiger partial charge in [-0.25, -0.2) is 8.42 Å². The summed E-state index contributed by atoms with van der Waals surface area (Å²) in [6.45, 7) is -0.271. The lowest BCUT2D eigenvalue weighted by molar-refractivity contribution is -0.123. The van der Waals surface area contributed by atoms with Gasteiger partial charge in [-0.05, 0) is 30.7 Å². The summed E-state index contributed by atoms with van der Waals surface area (Å²) in [5, 5.41) is 3.18. The van der Waals surface area contributed by atoms with E-state index in [9.17, 15) is 22.8 Å². The predicted molar refractivity (Wildman–Crippen MR) is 140 cm³/mol. The Morgan fingerprint density at radius 1 is 1.14 bits per heavy atom. The second-order valence-corrected chi connectivity index (χ2v) is 12.6. The van der Waals surface area contributed by atoms with Crippen molar-refractivity contribution in [2.45, 2.75) is 12.5 Å². The van der Waals surface area contributed by atoms with E-state index < -0.39 is 33.6 Å². The zero-order valence-corrected chi connectivity index (χ0v) is 21.3. The molecule has 35 heavy (non-hydrogen) atoms. The first-order valence-corrected chi connectivity index (χ1v) is 14.0. The predicted octanol–water partition coefficient (Wildman–Crippen LogP) is 3.08. The summed E-state index contributed by atoms with van der Waals surface area (Å²) < 4.78 is 24.1. The highest BCUT2D eigenvalue weighted by atomic mass is 35.5. The summed E-state index contributed by atoms with van der Waals surface area (Å²) >= 11 is 12.4. The largest absolute Gasteiger partial charge is 0.324 e.